The summed E-state index contributed by atoms with van der Waals surface area (Å²) in [5.41, 5.74) is 0.240. The molecule has 22 heavy (non-hydrogen) atoms. The van der Waals surface area contributed by atoms with Gasteiger partial charge in [-0.2, -0.15) is 9.61 Å². The largest absolute Gasteiger partial charge is 0.316 e. The molecule has 2 aromatic heterocycles. The van der Waals surface area contributed by atoms with E-state index < -0.39 is 0 Å². The maximum Gasteiger partial charge on any atom is 0.298 e. The number of nitrogens with zero attached hydrogens (tertiary/aromatic N) is 3. The van der Waals surface area contributed by atoms with Crippen LogP contribution in [0.5, 0.6) is 0 Å². The number of benzene rings is 1. The van der Waals surface area contributed by atoms with Gasteiger partial charge in [0.15, 0.2) is 0 Å². The van der Waals surface area contributed by atoms with E-state index >= 15 is 0 Å². The van der Waals surface area contributed by atoms with E-state index in [9.17, 15) is 9.59 Å². The van der Waals surface area contributed by atoms with Gasteiger partial charge in [0.1, 0.15) is 10.7 Å². The number of hydrogen-bond donors (Lipinski definition) is 1. The number of aromatic nitrogens is 3. The lowest BCUT2D eigenvalue weighted by Gasteiger charge is -2.03. The highest BCUT2D eigenvalue weighted by molar-refractivity contribution is 7.16. The van der Waals surface area contributed by atoms with Crippen LogP contribution in [-0.2, 0) is 6.42 Å². The second-order valence-electron chi connectivity index (χ2n) is 4.74. The molecule has 3 aromatic rings. The average Bonchev–Trinajstić information content (AvgIpc) is 2.95. The van der Waals surface area contributed by atoms with Crippen LogP contribution in [0.15, 0.2) is 41.3 Å². The summed E-state index contributed by atoms with van der Waals surface area (Å²) < 4.78 is 1.25. The summed E-state index contributed by atoms with van der Waals surface area (Å²) in [6.07, 6.45) is 3.14. The minimum atomic E-state index is -0.368. The third-order valence-electron chi connectivity index (χ3n) is 3.08. The third kappa shape index (κ3) is 2.75. The van der Waals surface area contributed by atoms with E-state index in [0.717, 1.165) is 17.8 Å². The predicted molar refractivity (Wildman–Crippen MR) is 85.5 cm³/mol. The monoisotopic (exact) mass is 314 g/mol. The highest BCUT2D eigenvalue weighted by atomic mass is 32.1. The van der Waals surface area contributed by atoms with Crippen LogP contribution in [0.25, 0.3) is 4.96 Å². The topological polar surface area (TPSA) is 76.4 Å². The molecule has 0 bridgehead atoms. The van der Waals surface area contributed by atoms with E-state index in [2.05, 4.69) is 15.4 Å². The number of nitrogens with one attached hydrogen (secondary N) is 1. The van der Waals surface area contributed by atoms with Crippen molar-refractivity contribution in [3.8, 4) is 0 Å². The molecule has 112 valence electrons. The zero-order valence-corrected chi connectivity index (χ0v) is 12.8. The Balaban J connectivity index is 1.93. The lowest BCUT2D eigenvalue weighted by Crippen LogP contribution is -2.23. The Morgan fingerprint density at radius 3 is 2.82 bits per heavy atom. The highest BCUT2D eigenvalue weighted by Gasteiger charge is 2.13. The molecule has 1 aromatic carbocycles. The molecule has 0 aliphatic carbocycles. The van der Waals surface area contributed by atoms with Crippen LogP contribution < -0.4 is 10.9 Å². The number of carbonyl (C=O) groups excluding carboxylic acids is 1. The minimum Gasteiger partial charge on any atom is -0.316 e. The van der Waals surface area contributed by atoms with E-state index in [1.54, 1.807) is 24.3 Å². The Bertz CT molecular complexity index is 870. The van der Waals surface area contributed by atoms with Crippen molar-refractivity contribution in [1.82, 2.24) is 14.6 Å². The van der Waals surface area contributed by atoms with Crippen molar-refractivity contribution < 1.29 is 4.79 Å². The average molecular weight is 314 g/mol. The van der Waals surface area contributed by atoms with E-state index in [4.69, 9.17) is 0 Å². The normalized spacial score (nSPS) is 10.8. The molecule has 1 N–H and O–H groups in total. The molecule has 0 unspecified atom stereocenters. The Kier molecular flexibility index (Phi) is 3.97. The summed E-state index contributed by atoms with van der Waals surface area (Å²) in [7, 11) is 0. The van der Waals surface area contributed by atoms with Crippen molar-refractivity contribution in [2.24, 2.45) is 0 Å². The summed E-state index contributed by atoms with van der Waals surface area (Å²) >= 11 is 1.39. The first kappa shape index (κ1) is 14.4. The van der Waals surface area contributed by atoms with Crippen molar-refractivity contribution in [2.75, 3.05) is 5.32 Å². The summed E-state index contributed by atoms with van der Waals surface area (Å²) in [5.74, 6) is -0.344. The second kappa shape index (κ2) is 6.07. The quantitative estimate of drug-likeness (QED) is 0.802. The molecule has 0 radical (unpaired) electrons. The molecular weight excluding hydrogens is 300 g/mol. The Morgan fingerprint density at radius 1 is 1.32 bits per heavy atom. The molecular formula is C15H14N4O2S. The smallest absolute Gasteiger partial charge is 0.298 e. The number of aryl methyl sites for hydroxylation is 1. The van der Waals surface area contributed by atoms with Gasteiger partial charge in [0, 0.05) is 12.0 Å². The SMILES string of the molecule is CCCc1nn2c(=O)c(NC(=O)c3ccccc3)cnc2s1. The maximum atomic E-state index is 12.4. The van der Waals surface area contributed by atoms with Gasteiger partial charge in [0.05, 0.1) is 6.20 Å². The second-order valence-corrected chi connectivity index (χ2v) is 5.78. The van der Waals surface area contributed by atoms with E-state index in [1.165, 1.54) is 22.0 Å². The molecule has 0 spiro atoms. The molecule has 0 saturated heterocycles. The molecule has 0 aliphatic heterocycles. The van der Waals surface area contributed by atoms with Gasteiger partial charge in [-0.25, -0.2) is 4.98 Å². The summed E-state index contributed by atoms with van der Waals surface area (Å²) in [6.45, 7) is 2.05. The van der Waals surface area contributed by atoms with Crippen LogP contribution in [0.4, 0.5) is 5.69 Å². The van der Waals surface area contributed by atoms with Crippen LogP contribution in [0.1, 0.15) is 28.7 Å². The van der Waals surface area contributed by atoms with E-state index in [-0.39, 0.29) is 17.2 Å². The van der Waals surface area contributed by atoms with Gasteiger partial charge in [0.25, 0.3) is 11.5 Å². The summed E-state index contributed by atoms with van der Waals surface area (Å²) in [5, 5.41) is 7.70. The van der Waals surface area contributed by atoms with Crippen molar-refractivity contribution in [1.29, 1.82) is 0 Å². The molecule has 0 aliphatic rings. The predicted octanol–water partition coefficient (Wildman–Crippen LogP) is 2.36. The van der Waals surface area contributed by atoms with Crippen LogP contribution in [0, 0.1) is 0 Å². The molecule has 3 rings (SSSR count). The van der Waals surface area contributed by atoms with Crippen molar-refractivity contribution >= 4 is 27.9 Å². The molecule has 7 heteroatoms. The number of rotatable bonds is 4. The maximum absolute atomic E-state index is 12.4. The minimum absolute atomic E-state index is 0.125. The highest BCUT2D eigenvalue weighted by Crippen LogP contribution is 2.14. The summed E-state index contributed by atoms with van der Waals surface area (Å²) in [6, 6.07) is 8.72. The fourth-order valence-electron chi connectivity index (χ4n) is 2.01. The van der Waals surface area contributed by atoms with Gasteiger partial charge in [-0.05, 0) is 18.6 Å². The van der Waals surface area contributed by atoms with Crippen molar-refractivity contribution in [2.45, 2.75) is 19.8 Å². The third-order valence-corrected chi connectivity index (χ3v) is 4.06. The van der Waals surface area contributed by atoms with E-state index in [1.807, 2.05) is 13.0 Å². The molecule has 0 atom stereocenters. The van der Waals surface area contributed by atoms with Gasteiger partial charge >= 0.3 is 0 Å². The Hall–Kier alpha value is -2.54. The van der Waals surface area contributed by atoms with Crippen molar-refractivity contribution in [3.05, 3.63) is 57.5 Å². The Labute approximate surface area is 130 Å². The Morgan fingerprint density at radius 2 is 2.09 bits per heavy atom. The van der Waals surface area contributed by atoms with Crippen molar-refractivity contribution in [3.63, 3.8) is 0 Å². The first-order valence-electron chi connectivity index (χ1n) is 6.93. The number of fused-ring (bicyclic) bond motifs is 1. The van der Waals surface area contributed by atoms with Gasteiger partial charge in [-0.15, -0.1) is 0 Å². The van der Waals surface area contributed by atoms with Crippen LogP contribution in [0.3, 0.4) is 0 Å². The first-order valence-corrected chi connectivity index (χ1v) is 7.75. The van der Waals surface area contributed by atoms with Gasteiger partial charge in [0.2, 0.25) is 4.96 Å². The molecule has 6 nitrogen and oxygen atoms in total. The number of anilines is 1. The lowest BCUT2D eigenvalue weighted by atomic mass is 10.2. The molecule has 2 heterocycles. The zero-order valence-electron chi connectivity index (χ0n) is 11.9. The summed E-state index contributed by atoms with van der Waals surface area (Å²) in [4.78, 5) is 29.2. The molecule has 0 fully saturated rings. The number of hydrogen-bond acceptors (Lipinski definition) is 5. The standard InChI is InChI=1S/C15H14N4O2S/c1-2-6-12-18-19-14(21)11(9-16-15(19)22-12)17-13(20)10-7-4-3-5-8-10/h3-5,7-9H,2,6H2,1H3,(H,17,20). The van der Waals surface area contributed by atoms with Gasteiger partial charge in [-0.1, -0.05) is 36.5 Å². The molecule has 0 saturated carbocycles. The van der Waals surface area contributed by atoms with Crippen LogP contribution in [0.2, 0.25) is 0 Å². The van der Waals surface area contributed by atoms with Gasteiger partial charge in [-0.3, -0.25) is 9.59 Å². The van der Waals surface area contributed by atoms with E-state index in [0.29, 0.717) is 10.5 Å². The van der Waals surface area contributed by atoms with Crippen LogP contribution >= 0.6 is 11.3 Å². The number of carbonyl (C=O) groups is 1. The molecule has 1 amide bonds. The first-order chi connectivity index (χ1) is 10.7. The number of amides is 1. The fraction of sp³-hybridized carbons (Fsp3) is 0.200. The van der Waals surface area contributed by atoms with Crippen LogP contribution in [-0.4, -0.2) is 20.5 Å². The fourth-order valence-corrected chi connectivity index (χ4v) is 2.97. The lowest BCUT2D eigenvalue weighted by molar-refractivity contribution is 0.102. The van der Waals surface area contributed by atoms with Gasteiger partial charge < -0.3 is 5.32 Å². The zero-order chi connectivity index (χ0) is 15.5.